The number of nitrogens with zero attached hydrogens (tertiary/aromatic N) is 1. The van der Waals surface area contributed by atoms with Gasteiger partial charge in [-0.3, -0.25) is 52.7 Å². The first-order valence-electron chi connectivity index (χ1n) is 28.8. The van der Waals surface area contributed by atoms with Crippen LogP contribution in [-0.2, 0) is 76.8 Å². The summed E-state index contributed by atoms with van der Waals surface area (Å²) < 4.78 is 0. The van der Waals surface area contributed by atoms with Gasteiger partial charge in [-0.05, 0) is 99.4 Å². The summed E-state index contributed by atoms with van der Waals surface area (Å²) in [6.07, 6.45) is -1.52. The molecule has 3 aromatic rings. The SMILES string of the molecule is CC[C@H](C)[C@H](NC(=O)[C@H](Cc1ccc(O)cc1)NC(=O)[C@H](CC(N)=O)NC(=O)[C@H](C)NC(=O)[C@H](CCC(N)=O)NC(=O)[C@@H]1CCCN1C(=O)[C@H](Cc1ccccc1)NC(=O)[C@@H]1CCCN1)C(=O)N[C@H](C(=O)N[C@@H](Cc1ccc(O)cc1)C(=O)O)[C@@H](C)O. The summed E-state index contributed by atoms with van der Waals surface area (Å²) in [7, 11) is 0. The van der Waals surface area contributed by atoms with Gasteiger partial charge in [0.2, 0.25) is 65.0 Å². The number of aromatic hydroxyl groups is 2. The molecule has 28 heteroatoms. The summed E-state index contributed by atoms with van der Waals surface area (Å²) in [6.45, 7) is 6.41. The standard InChI is InChI=1S/C59H80N12O16/c1-5-31(2)48(56(83)70-49(33(4)72)57(84)68-44(59(86)87)29-36-17-21-38(74)22-18-36)69-54(81)41(27-35-15-19-37(73)20-16-35)66-53(80)42(30-47(61)76)65-50(77)32(3)63-52(79)40(23-24-46(60)75)64-55(82)45-14-10-26-71(45)58(85)43(28-34-11-7-6-8-12-34)67-51(78)39-13-9-25-62-39/h6-8,11-12,15-22,31-33,39-45,48-49,62,72-74H,5,9-10,13-14,23-30H2,1-4H3,(H2,60,75)(H2,61,76)(H,63,79)(H,64,82)(H,65,77)(H,66,80)(H,67,78)(H,68,84)(H,69,81)(H,70,83)(H,86,87)/t31-,32-,33+,39-,40-,41-,42-,43-,44-,45-,48-,49-/m0/s1. The maximum Gasteiger partial charge on any atom is 0.326 e. The third kappa shape index (κ3) is 21.1. The fourth-order valence-corrected chi connectivity index (χ4v) is 9.93. The molecule has 87 heavy (non-hydrogen) atoms. The number of hydrogen-bond donors (Lipinski definition) is 15. The van der Waals surface area contributed by atoms with Crippen LogP contribution in [-0.4, -0.2) is 176 Å². The number of aliphatic hydroxyl groups excluding tert-OH is 1. The number of benzene rings is 3. The second kappa shape index (κ2) is 32.9. The Balaban J connectivity index is 1.30. The van der Waals surface area contributed by atoms with Crippen LogP contribution in [0.1, 0.15) is 95.8 Å². The van der Waals surface area contributed by atoms with Gasteiger partial charge in [0.15, 0.2) is 0 Å². The fraction of sp³-hybridized carbons (Fsp3) is 0.492. The lowest BCUT2D eigenvalue weighted by Gasteiger charge is -2.30. The molecule has 17 N–H and O–H groups in total. The zero-order valence-corrected chi connectivity index (χ0v) is 48.9. The zero-order chi connectivity index (χ0) is 64.1. The number of carbonyl (C=O) groups excluding carboxylic acids is 11. The Labute approximate surface area is 502 Å². The van der Waals surface area contributed by atoms with Crippen molar-refractivity contribution >= 4 is 70.9 Å². The highest BCUT2D eigenvalue weighted by Crippen LogP contribution is 2.22. The molecule has 0 spiro atoms. The van der Waals surface area contributed by atoms with Gasteiger partial charge in [-0.1, -0.05) is 74.9 Å². The Morgan fingerprint density at radius 3 is 1.63 bits per heavy atom. The van der Waals surface area contributed by atoms with Crippen molar-refractivity contribution in [1.82, 2.24) is 52.8 Å². The maximum absolute atomic E-state index is 14.4. The minimum absolute atomic E-state index is 0.0804. The molecule has 0 radical (unpaired) electrons. The second-order valence-electron chi connectivity index (χ2n) is 21.9. The summed E-state index contributed by atoms with van der Waals surface area (Å²) in [5, 5.41) is 63.4. The first-order valence-corrected chi connectivity index (χ1v) is 28.8. The number of phenolic OH excluding ortho intramolecular Hbond substituents is 2. The number of phenols is 2. The summed E-state index contributed by atoms with van der Waals surface area (Å²) in [4.78, 5) is 164. The molecule has 0 aliphatic carbocycles. The van der Waals surface area contributed by atoms with Crippen LogP contribution in [0.5, 0.6) is 11.5 Å². The molecule has 28 nitrogen and oxygen atoms in total. The van der Waals surface area contributed by atoms with E-state index in [1.165, 1.54) is 67.3 Å². The van der Waals surface area contributed by atoms with Crippen molar-refractivity contribution in [2.24, 2.45) is 17.4 Å². The highest BCUT2D eigenvalue weighted by molar-refractivity contribution is 6.00. The van der Waals surface area contributed by atoms with Crippen LogP contribution in [0.25, 0.3) is 0 Å². The molecule has 0 unspecified atom stereocenters. The number of hydrogen-bond acceptors (Lipinski definition) is 16. The summed E-state index contributed by atoms with van der Waals surface area (Å²) in [5.74, 6) is -12.3. The molecule has 2 aliphatic rings. The van der Waals surface area contributed by atoms with E-state index in [9.17, 15) is 78.0 Å². The van der Waals surface area contributed by atoms with Crippen LogP contribution in [0.2, 0.25) is 0 Å². The number of nitrogens with one attached hydrogen (secondary N) is 9. The molecule has 0 bridgehead atoms. The van der Waals surface area contributed by atoms with Crippen molar-refractivity contribution < 1.29 is 78.0 Å². The van der Waals surface area contributed by atoms with Crippen molar-refractivity contribution in [2.75, 3.05) is 13.1 Å². The van der Waals surface area contributed by atoms with Gasteiger partial charge in [0.1, 0.15) is 65.9 Å². The number of rotatable bonds is 32. The highest BCUT2D eigenvalue weighted by Gasteiger charge is 2.41. The van der Waals surface area contributed by atoms with Crippen LogP contribution in [0, 0.1) is 5.92 Å². The lowest BCUT2D eigenvalue weighted by atomic mass is 9.96. The molecule has 0 aromatic heterocycles. The average molecular weight is 1210 g/mol. The Kier molecular flexibility index (Phi) is 26.0. The van der Waals surface area contributed by atoms with E-state index in [2.05, 4.69) is 47.9 Å². The number of aliphatic carboxylic acids is 1. The van der Waals surface area contributed by atoms with Gasteiger partial charge in [-0.15, -0.1) is 0 Å². The molecule has 12 atom stereocenters. The third-order valence-electron chi connectivity index (χ3n) is 15.1. The lowest BCUT2D eigenvalue weighted by molar-refractivity contribution is -0.143. The van der Waals surface area contributed by atoms with Crippen LogP contribution in [0.15, 0.2) is 78.9 Å². The predicted octanol–water partition coefficient (Wildman–Crippen LogP) is -2.58. The van der Waals surface area contributed by atoms with Crippen LogP contribution >= 0.6 is 0 Å². The summed E-state index contributed by atoms with van der Waals surface area (Å²) >= 11 is 0. The van der Waals surface area contributed by atoms with Crippen molar-refractivity contribution in [3.05, 3.63) is 95.6 Å². The van der Waals surface area contributed by atoms with E-state index in [1.54, 1.807) is 44.2 Å². The Bertz CT molecular complexity index is 2930. The predicted molar refractivity (Wildman–Crippen MR) is 312 cm³/mol. The van der Waals surface area contributed by atoms with Crippen molar-refractivity contribution in [3.8, 4) is 11.5 Å². The largest absolute Gasteiger partial charge is 0.508 e. The van der Waals surface area contributed by atoms with Crippen molar-refractivity contribution in [3.63, 3.8) is 0 Å². The number of likely N-dealkylation sites (tertiary alicyclic amines) is 1. The van der Waals surface area contributed by atoms with Gasteiger partial charge >= 0.3 is 5.97 Å². The monoisotopic (exact) mass is 1210 g/mol. The van der Waals surface area contributed by atoms with Crippen LogP contribution < -0.4 is 59.3 Å². The number of carboxylic acids is 1. The smallest absolute Gasteiger partial charge is 0.326 e. The second-order valence-corrected chi connectivity index (χ2v) is 21.9. The molecule has 2 saturated heterocycles. The van der Waals surface area contributed by atoms with Gasteiger partial charge in [-0.2, -0.15) is 0 Å². The first kappa shape index (κ1) is 68.6. The van der Waals surface area contributed by atoms with Crippen LogP contribution in [0.3, 0.4) is 0 Å². The van der Waals surface area contributed by atoms with E-state index >= 15 is 0 Å². The fourth-order valence-electron chi connectivity index (χ4n) is 9.93. The molecule has 472 valence electrons. The number of carboxylic acid groups (broad SMARTS) is 1. The molecular weight excluding hydrogens is 1130 g/mol. The van der Waals surface area contributed by atoms with E-state index in [0.717, 1.165) is 12.0 Å². The van der Waals surface area contributed by atoms with Crippen LogP contribution in [0.4, 0.5) is 0 Å². The lowest BCUT2D eigenvalue weighted by Crippen LogP contribution is -2.62. The molecule has 11 amide bonds. The Hall–Kier alpha value is -9.18. The first-order chi connectivity index (χ1) is 41.2. The molecular formula is C59H80N12O16. The van der Waals surface area contributed by atoms with E-state index in [1.807, 2.05) is 0 Å². The number of carbonyl (C=O) groups is 12. The van der Waals surface area contributed by atoms with E-state index in [4.69, 9.17) is 11.5 Å². The third-order valence-corrected chi connectivity index (χ3v) is 15.1. The molecule has 0 saturated carbocycles. The minimum Gasteiger partial charge on any atom is -0.508 e. The minimum atomic E-state index is -1.83. The molecule has 3 aromatic carbocycles. The molecule has 2 aliphatic heterocycles. The molecule has 2 heterocycles. The average Bonchev–Trinajstić information content (AvgIpc) is 4.27. The number of amides is 11. The summed E-state index contributed by atoms with van der Waals surface area (Å²) in [5.41, 5.74) is 12.5. The van der Waals surface area contributed by atoms with E-state index in [0.29, 0.717) is 30.5 Å². The molecule has 5 rings (SSSR count). The Morgan fingerprint density at radius 1 is 0.563 bits per heavy atom. The van der Waals surface area contributed by atoms with E-state index < -0.39 is 150 Å². The van der Waals surface area contributed by atoms with Crippen molar-refractivity contribution in [2.45, 2.75) is 165 Å². The maximum atomic E-state index is 14.4. The van der Waals surface area contributed by atoms with Gasteiger partial charge in [-0.25, -0.2) is 4.79 Å². The van der Waals surface area contributed by atoms with Gasteiger partial charge in [0, 0.05) is 32.2 Å². The normalized spacial score (nSPS) is 18.0. The molecule has 2 fully saturated rings. The number of primary amides is 2. The van der Waals surface area contributed by atoms with E-state index in [-0.39, 0.29) is 62.5 Å². The highest BCUT2D eigenvalue weighted by atomic mass is 16.4. The number of aliphatic hydroxyl groups is 1. The Morgan fingerprint density at radius 2 is 1.08 bits per heavy atom. The van der Waals surface area contributed by atoms with Crippen molar-refractivity contribution in [1.29, 1.82) is 0 Å². The van der Waals surface area contributed by atoms with Gasteiger partial charge < -0.3 is 84.6 Å². The zero-order valence-electron chi connectivity index (χ0n) is 48.9. The van der Waals surface area contributed by atoms with Gasteiger partial charge in [0.05, 0.1) is 18.6 Å². The van der Waals surface area contributed by atoms with Gasteiger partial charge in [0.25, 0.3) is 0 Å². The summed E-state index contributed by atoms with van der Waals surface area (Å²) in [6, 6.07) is 5.99. The topological polar surface area (TPSA) is 449 Å². The quantitative estimate of drug-likeness (QED) is 0.0305. The number of nitrogens with two attached hydrogens (primary N) is 2.